The molecule has 3 aromatic carbocycles. The van der Waals surface area contributed by atoms with Crippen LogP contribution in [0, 0.1) is 6.92 Å². The Morgan fingerprint density at radius 3 is 2.52 bits per heavy atom. The summed E-state index contributed by atoms with van der Waals surface area (Å²) in [5, 5.41) is 3.12. The number of carbonyl (C=O) groups is 2. The van der Waals surface area contributed by atoms with Crippen molar-refractivity contribution in [2.75, 3.05) is 12.1 Å². The van der Waals surface area contributed by atoms with Gasteiger partial charge in [0.25, 0.3) is 0 Å². The molecular formula is C25H24N2O4. The van der Waals surface area contributed by atoms with Gasteiger partial charge in [-0.1, -0.05) is 30.3 Å². The highest BCUT2D eigenvalue weighted by Crippen LogP contribution is 2.51. The number of amides is 2. The summed E-state index contributed by atoms with van der Waals surface area (Å²) in [5.74, 6) is 0.894. The molecular weight excluding hydrogens is 392 g/mol. The van der Waals surface area contributed by atoms with Crippen molar-refractivity contribution in [1.29, 1.82) is 0 Å². The summed E-state index contributed by atoms with van der Waals surface area (Å²) in [6.07, 6.45) is 1.58. The molecule has 2 aliphatic rings. The fraction of sp³-hybridized carbons (Fsp3) is 0.200. The Kier molecular flexibility index (Phi) is 4.43. The first kappa shape index (κ1) is 19.2. The average molecular weight is 416 g/mol. The molecule has 1 aliphatic carbocycles. The summed E-state index contributed by atoms with van der Waals surface area (Å²) >= 11 is 0. The van der Waals surface area contributed by atoms with E-state index in [0.717, 1.165) is 40.8 Å². The zero-order valence-corrected chi connectivity index (χ0v) is 17.1. The number of hydrogen-bond acceptors (Lipinski definition) is 4. The van der Waals surface area contributed by atoms with Gasteiger partial charge in [0.2, 0.25) is 18.6 Å². The summed E-state index contributed by atoms with van der Waals surface area (Å²) in [5.41, 5.74) is 9.73. The third-order valence-corrected chi connectivity index (χ3v) is 6.08. The maximum atomic E-state index is 13.3. The van der Waals surface area contributed by atoms with E-state index in [2.05, 4.69) is 5.32 Å². The van der Waals surface area contributed by atoms with Gasteiger partial charge in [-0.05, 0) is 72.4 Å². The van der Waals surface area contributed by atoms with Crippen LogP contribution < -0.4 is 20.5 Å². The molecule has 6 heteroatoms. The predicted octanol–water partition coefficient (Wildman–Crippen LogP) is 4.41. The van der Waals surface area contributed by atoms with Crippen LogP contribution in [0.15, 0.2) is 60.7 Å². The lowest BCUT2D eigenvalue weighted by atomic mass is 9.94. The highest BCUT2D eigenvalue weighted by Gasteiger charge is 2.51. The molecule has 1 saturated carbocycles. The molecule has 3 aromatic rings. The molecule has 0 saturated heterocycles. The SMILES string of the molecule is Cc1ccc(-c2cccc(C(N)=O)c2)cc1NC(=O)C1(c2ccc3c(c2)OCO3)CC1.[HH]. The van der Waals surface area contributed by atoms with Crippen molar-refractivity contribution >= 4 is 17.5 Å². The molecule has 0 spiro atoms. The van der Waals surface area contributed by atoms with E-state index in [-0.39, 0.29) is 14.1 Å². The van der Waals surface area contributed by atoms with Crippen molar-refractivity contribution in [2.45, 2.75) is 25.2 Å². The monoisotopic (exact) mass is 416 g/mol. The molecule has 0 radical (unpaired) electrons. The second-order valence-electron chi connectivity index (χ2n) is 8.08. The van der Waals surface area contributed by atoms with E-state index in [1.165, 1.54) is 0 Å². The molecule has 0 unspecified atom stereocenters. The maximum absolute atomic E-state index is 13.3. The quantitative estimate of drug-likeness (QED) is 0.645. The van der Waals surface area contributed by atoms with Gasteiger partial charge < -0.3 is 20.5 Å². The van der Waals surface area contributed by atoms with Crippen LogP contribution in [0.25, 0.3) is 11.1 Å². The largest absolute Gasteiger partial charge is 0.454 e. The van der Waals surface area contributed by atoms with E-state index in [1.807, 2.05) is 49.4 Å². The zero-order chi connectivity index (χ0) is 21.6. The molecule has 0 aromatic heterocycles. The van der Waals surface area contributed by atoms with Gasteiger partial charge in [0.1, 0.15) is 0 Å². The first-order chi connectivity index (χ1) is 15.0. The molecule has 0 atom stereocenters. The number of nitrogens with two attached hydrogens (primary N) is 1. The molecule has 0 bridgehead atoms. The average Bonchev–Trinajstić information content (AvgIpc) is 3.46. The number of nitrogens with one attached hydrogen (secondary N) is 1. The van der Waals surface area contributed by atoms with Gasteiger partial charge >= 0.3 is 0 Å². The van der Waals surface area contributed by atoms with Crippen molar-refractivity contribution in [3.63, 3.8) is 0 Å². The van der Waals surface area contributed by atoms with Gasteiger partial charge in [-0.3, -0.25) is 9.59 Å². The van der Waals surface area contributed by atoms with E-state index in [4.69, 9.17) is 15.2 Å². The molecule has 2 amide bonds. The van der Waals surface area contributed by atoms with Crippen LogP contribution in [-0.2, 0) is 10.2 Å². The normalized spacial score (nSPS) is 15.4. The number of carbonyl (C=O) groups excluding carboxylic acids is 2. The minimum Gasteiger partial charge on any atom is -0.454 e. The number of hydrogen-bond donors (Lipinski definition) is 2. The van der Waals surface area contributed by atoms with E-state index in [9.17, 15) is 9.59 Å². The van der Waals surface area contributed by atoms with E-state index < -0.39 is 11.3 Å². The zero-order valence-electron chi connectivity index (χ0n) is 17.1. The molecule has 3 N–H and O–H groups in total. The Hall–Kier alpha value is -3.80. The van der Waals surface area contributed by atoms with Crippen LogP contribution in [0.1, 0.15) is 35.8 Å². The molecule has 1 aliphatic heterocycles. The third kappa shape index (κ3) is 3.40. The fourth-order valence-corrected chi connectivity index (χ4v) is 4.00. The molecule has 158 valence electrons. The number of ether oxygens (including phenoxy) is 2. The van der Waals surface area contributed by atoms with Gasteiger partial charge in [-0.15, -0.1) is 0 Å². The number of rotatable bonds is 5. The molecule has 1 heterocycles. The Morgan fingerprint density at radius 1 is 0.968 bits per heavy atom. The molecule has 1 fully saturated rings. The molecule has 5 rings (SSSR count). The summed E-state index contributed by atoms with van der Waals surface area (Å²) < 4.78 is 10.9. The maximum Gasteiger partial charge on any atom is 0.248 e. The lowest BCUT2D eigenvalue weighted by Gasteiger charge is -2.18. The van der Waals surface area contributed by atoms with Crippen molar-refractivity contribution in [1.82, 2.24) is 0 Å². The number of aryl methyl sites for hydroxylation is 1. The van der Waals surface area contributed by atoms with Gasteiger partial charge in [-0.25, -0.2) is 0 Å². The van der Waals surface area contributed by atoms with Crippen LogP contribution in [-0.4, -0.2) is 18.6 Å². The minimum absolute atomic E-state index is 0. The summed E-state index contributed by atoms with van der Waals surface area (Å²) in [6, 6.07) is 18.7. The summed E-state index contributed by atoms with van der Waals surface area (Å²) in [7, 11) is 0. The summed E-state index contributed by atoms with van der Waals surface area (Å²) in [4.78, 5) is 24.8. The second kappa shape index (κ2) is 7.16. The number of anilines is 1. The van der Waals surface area contributed by atoms with Crippen molar-refractivity contribution in [3.05, 3.63) is 77.4 Å². The predicted molar refractivity (Wildman–Crippen MR) is 119 cm³/mol. The lowest BCUT2D eigenvalue weighted by molar-refractivity contribution is -0.118. The van der Waals surface area contributed by atoms with Gasteiger partial charge in [0.05, 0.1) is 5.41 Å². The second-order valence-corrected chi connectivity index (χ2v) is 8.08. The van der Waals surface area contributed by atoms with Crippen molar-refractivity contribution < 1.29 is 20.5 Å². The van der Waals surface area contributed by atoms with E-state index >= 15 is 0 Å². The highest BCUT2D eigenvalue weighted by molar-refractivity contribution is 6.02. The van der Waals surface area contributed by atoms with Crippen LogP contribution in [0.3, 0.4) is 0 Å². The standard InChI is InChI=1S/C25H22N2O4.H2/c1-15-5-6-17(16-3-2-4-18(11-16)23(26)28)12-20(15)27-24(29)25(9-10-25)19-7-8-21-22(13-19)31-14-30-21;/h2-8,11-13H,9-10,14H2,1H3,(H2,26,28)(H,27,29);1H. The van der Waals surface area contributed by atoms with Gasteiger partial charge in [0, 0.05) is 12.7 Å². The Morgan fingerprint density at radius 2 is 1.74 bits per heavy atom. The van der Waals surface area contributed by atoms with Crippen LogP contribution >= 0.6 is 0 Å². The fourth-order valence-electron chi connectivity index (χ4n) is 4.00. The van der Waals surface area contributed by atoms with Crippen molar-refractivity contribution in [2.24, 2.45) is 5.73 Å². The number of benzene rings is 3. The Bertz CT molecular complexity index is 1220. The van der Waals surface area contributed by atoms with Crippen LogP contribution in [0.4, 0.5) is 5.69 Å². The van der Waals surface area contributed by atoms with Gasteiger partial charge in [0.15, 0.2) is 11.5 Å². The summed E-state index contributed by atoms with van der Waals surface area (Å²) in [6.45, 7) is 2.17. The van der Waals surface area contributed by atoms with Crippen molar-refractivity contribution in [3.8, 4) is 22.6 Å². The minimum atomic E-state index is -0.546. The molecule has 6 nitrogen and oxygen atoms in total. The first-order valence-corrected chi connectivity index (χ1v) is 10.2. The van der Waals surface area contributed by atoms with E-state index in [0.29, 0.717) is 17.1 Å². The van der Waals surface area contributed by atoms with Crippen LogP contribution in [0.5, 0.6) is 11.5 Å². The highest BCUT2D eigenvalue weighted by atomic mass is 16.7. The molecule has 31 heavy (non-hydrogen) atoms. The number of fused-ring (bicyclic) bond motifs is 1. The topological polar surface area (TPSA) is 90.7 Å². The lowest BCUT2D eigenvalue weighted by Crippen LogP contribution is -2.28. The van der Waals surface area contributed by atoms with E-state index in [1.54, 1.807) is 18.2 Å². The number of primary amides is 1. The Labute approximate surface area is 181 Å². The smallest absolute Gasteiger partial charge is 0.248 e. The van der Waals surface area contributed by atoms with Crippen LogP contribution in [0.2, 0.25) is 0 Å². The Balaban J connectivity index is 0.00000245. The third-order valence-electron chi connectivity index (χ3n) is 6.08. The first-order valence-electron chi connectivity index (χ1n) is 10.2. The van der Waals surface area contributed by atoms with Gasteiger partial charge in [-0.2, -0.15) is 0 Å².